The molecule has 0 unspecified atom stereocenters. The molecule has 0 saturated carbocycles. The minimum Gasteiger partial charge on any atom is -0.481 e. The molecule has 1 aliphatic heterocycles. The number of ether oxygens (including phenoxy) is 1. The number of nitrogens with one attached hydrogen (secondary N) is 5. The number of carbonyl (C=O) groups excluding carboxylic acids is 12. The van der Waals surface area contributed by atoms with Crippen molar-refractivity contribution in [2.75, 3.05) is 61.6 Å². The topological polar surface area (TPSA) is 354 Å². The van der Waals surface area contributed by atoms with E-state index >= 15 is 33.6 Å². The zero-order chi connectivity index (χ0) is 80.7. The smallest absolute Gasteiger partial charge is 0.407 e. The molecular formula is C75H136N12O16S. The number of likely N-dealkylation sites (N-methyl/N-ethyl adjacent to an activating group) is 7. The van der Waals surface area contributed by atoms with E-state index in [9.17, 15) is 39.0 Å². The molecule has 0 aromatic rings. The first kappa shape index (κ1) is 95.2. The van der Waals surface area contributed by atoms with Gasteiger partial charge < -0.3 is 75.8 Å². The van der Waals surface area contributed by atoms with Gasteiger partial charge in [-0.15, -0.1) is 0 Å². The number of carbonyl (C=O) groups is 13. The first-order valence-corrected chi connectivity index (χ1v) is 38.4. The van der Waals surface area contributed by atoms with E-state index in [0.717, 1.165) is 21.6 Å². The summed E-state index contributed by atoms with van der Waals surface area (Å²) < 4.78 is 4.34. The highest BCUT2D eigenvalue weighted by atomic mass is 32.2. The number of carboxylic acids is 1. The maximum Gasteiger partial charge on any atom is 0.407 e. The normalized spacial score (nSPS) is 25.0. The second kappa shape index (κ2) is 43.1. The van der Waals surface area contributed by atoms with Crippen LogP contribution in [0.3, 0.4) is 0 Å². The van der Waals surface area contributed by atoms with Crippen molar-refractivity contribution in [3.05, 3.63) is 0 Å². The average molecular weight is 1490 g/mol. The van der Waals surface area contributed by atoms with E-state index in [0.29, 0.717) is 38.6 Å². The minimum atomic E-state index is -1.73. The summed E-state index contributed by atoms with van der Waals surface area (Å²) in [6.07, 6.45) is 0.677. The number of alkyl carbamates (subject to hydrolysis) is 1. The van der Waals surface area contributed by atoms with Crippen LogP contribution in [0.15, 0.2) is 0 Å². The molecule has 1 heterocycles. The molecule has 104 heavy (non-hydrogen) atoms. The van der Waals surface area contributed by atoms with Gasteiger partial charge in [-0.2, -0.15) is 11.8 Å². The lowest BCUT2D eigenvalue weighted by Crippen LogP contribution is -2.64. The molecule has 1 saturated heterocycles. The Kier molecular flexibility index (Phi) is 39.5. The number of amides is 12. The van der Waals surface area contributed by atoms with Crippen molar-refractivity contribution >= 4 is 88.8 Å². The number of hydrogen-bond donors (Lipinski definition) is 7. The van der Waals surface area contributed by atoms with Gasteiger partial charge in [-0.25, -0.2) is 4.79 Å². The maximum absolute atomic E-state index is 15.6. The van der Waals surface area contributed by atoms with Gasteiger partial charge in [0.1, 0.15) is 72.1 Å². The van der Waals surface area contributed by atoms with Crippen molar-refractivity contribution in [2.45, 2.75) is 299 Å². The van der Waals surface area contributed by atoms with Crippen LogP contribution < -0.4 is 26.6 Å². The molecule has 0 radical (unpaired) electrons. The molecule has 13 atom stereocenters. The van der Waals surface area contributed by atoms with Gasteiger partial charge in [0.25, 0.3) is 0 Å². The third-order valence-electron chi connectivity index (χ3n) is 19.1. The van der Waals surface area contributed by atoms with E-state index in [2.05, 4.69) is 26.6 Å². The molecule has 0 aromatic carbocycles. The summed E-state index contributed by atoms with van der Waals surface area (Å²) >= 11 is 1.09. The molecule has 1 rings (SSSR count). The van der Waals surface area contributed by atoms with Crippen molar-refractivity contribution in [3.8, 4) is 0 Å². The van der Waals surface area contributed by atoms with Gasteiger partial charge >= 0.3 is 12.1 Å². The van der Waals surface area contributed by atoms with Crippen LogP contribution in [-0.4, -0.2) is 266 Å². The number of nitrogens with zero attached hydrogens (tertiary/aromatic N) is 7. The molecule has 29 heteroatoms. The molecule has 0 spiro atoms. The van der Waals surface area contributed by atoms with Crippen LogP contribution in [0.5, 0.6) is 0 Å². The number of aliphatic hydroxyl groups excluding tert-OH is 1. The van der Waals surface area contributed by atoms with Crippen LogP contribution in [0.1, 0.15) is 216 Å². The minimum absolute atomic E-state index is 0.0486. The largest absolute Gasteiger partial charge is 0.481 e. The van der Waals surface area contributed by atoms with Gasteiger partial charge in [0, 0.05) is 66.4 Å². The molecule has 7 N–H and O–H groups in total. The Morgan fingerprint density at radius 2 is 0.894 bits per heavy atom. The maximum atomic E-state index is 15.6. The molecule has 1 aliphatic rings. The van der Waals surface area contributed by atoms with Crippen LogP contribution in [0.4, 0.5) is 4.79 Å². The molecule has 0 aromatic heterocycles. The monoisotopic (exact) mass is 1490 g/mol. The van der Waals surface area contributed by atoms with Gasteiger partial charge in [0.05, 0.1) is 12.5 Å². The van der Waals surface area contributed by atoms with Crippen molar-refractivity contribution in [2.24, 2.45) is 41.4 Å². The highest BCUT2D eigenvalue weighted by molar-refractivity contribution is 8.00. The number of thioether (sulfide) groups is 1. The van der Waals surface area contributed by atoms with Crippen molar-refractivity contribution in [3.63, 3.8) is 0 Å². The fourth-order valence-corrected chi connectivity index (χ4v) is 14.0. The average Bonchev–Trinajstić information content (AvgIpc) is 0.793. The summed E-state index contributed by atoms with van der Waals surface area (Å²) in [6.45, 7) is 36.8. The van der Waals surface area contributed by atoms with E-state index in [4.69, 9.17) is 4.74 Å². The summed E-state index contributed by atoms with van der Waals surface area (Å²) in [5.41, 5.74) is -0.673. The summed E-state index contributed by atoms with van der Waals surface area (Å²) in [6, 6.07) is -14.7. The third kappa shape index (κ3) is 29.5. The van der Waals surface area contributed by atoms with E-state index in [1.807, 2.05) is 55.4 Å². The Hall–Kier alpha value is -6.78. The van der Waals surface area contributed by atoms with Crippen LogP contribution in [0, 0.1) is 41.4 Å². The number of aliphatic carboxylic acids is 1. The van der Waals surface area contributed by atoms with Crippen LogP contribution in [0.25, 0.3) is 0 Å². The number of rotatable bonds is 25. The zero-order valence-electron chi connectivity index (χ0n) is 68.3. The Balaban J connectivity index is 4.57. The third-order valence-corrected chi connectivity index (χ3v) is 20.5. The molecule has 598 valence electrons. The summed E-state index contributed by atoms with van der Waals surface area (Å²) in [4.78, 5) is 198. The van der Waals surface area contributed by atoms with E-state index < -0.39 is 178 Å². The lowest BCUT2D eigenvalue weighted by Gasteiger charge is -2.42. The SMILES string of the molecule is CC[C@@H]1NC(=O)[C@H]([C@H](O)[C@H](C)CCCCCCNC(=O)OC(C)(C)C)N(C)C(=O)[C@H](C(C)C)N(C)C(=O)[C@H](CC(C)C)N(C)C(=O)[C@H](CC(C)C)N(C)C(=O)[C@@H](C)NC(=O)[C@H](C)NC(=O)[C@H](CC(C)C)N(C)C(=O)[C@H](C(C)C)NC(=O)[C@H](CC(C)C)N(C)C(=O)[C@@H](CSC(C)(C)CC(=O)O)N(C)C1=O. The van der Waals surface area contributed by atoms with Crippen molar-refractivity contribution in [1.82, 2.24) is 60.9 Å². The first-order valence-electron chi connectivity index (χ1n) is 37.4. The van der Waals surface area contributed by atoms with Gasteiger partial charge in [-0.1, -0.05) is 130 Å². The fraction of sp³-hybridized carbons (Fsp3) is 0.827. The highest BCUT2D eigenvalue weighted by Crippen LogP contribution is 2.32. The zero-order valence-corrected chi connectivity index (χ0v) is 69.1. The standard InChI is InChI=1S/C75H136N12O16S/c1-29-51-67(96)85(26)56(41-104-75(20,21)40-57(88)89)70(99)81(22)53(37-43(4)5)64(93)80-58(46(10)11)71(100)82(23)52(36-42(2)3)63(92)77-49(15)62(91)78-50(16)66(95)83(24)54(38-44(6)7)68(97)84(25)55(39-45(8)9)69(98)86(27)59(47(12)13)72(101)87(28)60(65(94)79-51)61(90)48(14)34-32-30-31-33-35-76-73(102)103-74(17,18)19/h42-56,58-61,90H,29-41H2,1-28H3,(H,76,102)(H,77,92)(H,78,91)(H,79,94)(H,80,93)(H,88,89)/t48-,49+,50-,51+,52+,53+,54+,55+,56-,58+,59+,60+,61-/m1/s1. The van der Waals surface area contributed by atoms with Gasteiger partial charge in [0.2, 0.25) is 65.0 Å². The van der Waals surface area contributed by atoms with E-state index in [-0.39, 0.29) is 67.9 Å². The number of carboxylic acid groups (broad SMARTS) is 1. The van der Waals surface area contributed by atoms with Crippen molar-refractivity contribution in [1.29, 1.82) is 0 Å². The van der Waals surface area contributed by atoms with Crippen LogP contribution in [0.2, 0.25) is 0 Å². The molecular weight excluding hydrogens is 1360 g/mol. The van der Waals surface area contributed by atoms with Crippen molar-refractivity contribution < 1.29 is 77.3 Å². The Bertz CT molecular complexity index is 2890. The predicted molar refractivity (Wildman–Crippen MR) is 404 cm³/mol. The second-order valence-corrected chi connectivity index (χ2v) is 34.5. The molecule has 0 aliphatic carbocycles. The molecule has 28 nitrogen and oxygen atoms in total. The predicted octanol–water partition coefficient (Wildman–Crippen LogP) is 6.13. The van der Waals surface area contributed by atoms with E-state index in [1.165, 1.54) is 87.7 Å². The van der Waals surface area contributed by atoms with Crippen LogP contribution >= 0.6 is 11.8 Å². The molecule has 1 fully saturated rings. The van der Waals surface area contributed by atoms with Gasteiger partial charge in [-0.05, 0) is 121 Å². The summed E-state index contributed by atoms with van der Waals surface area (Å²) in [5.74, 6) is -12.2. The number of hydrogen-bond acceptors (Lipinski definition) is 16. The Labute approximate surface area is 626 Å². The number of aliphatic hydroxyl groups is 1. The lowest BCUT2D eigenvalue weighted by molar-refractivity contribution is -0.157. The first-order chi connectivity index (χ1) is 47.8. The second-order valence-electron chi connectivity index (χ2n) is 32.8. The quantitative estimate of drug-likeness (QED) is 0.0505. The Morgan fingerprint density at radius 1 is 0.481 bits per heavy atom. The van der Waals surface area contributed by atoms with Gasteiger partial charge in [-0.3, -0.25) is 57.5 Å². The van der Waals surface area contributed by atoms with E-state index in [1.54, 1.807) is 76.2 Å². The Morgan fingerprint density at radius 3 is 1.36 bits per heavy atom. The summed E-state index contributed by atoms with van der Waals surface area (Å²) in [5, 5.41) is 36.4. The molecule has 12 amide bonds. The summed E-state index contributed by atoms with van der Waals surface area (Å²) in [7, 11) is 9.77. The lowest BCUT2D eigenvalue weighted by atomic mass is 9.90. The molecule has 0 bridgehead atoms. The number of unbranched alkanes of at least 4 members (excludes halogenated alkanes) is 3. The van der Waals surface area contributed by atoms with Gasteiger partial charge in [0.15, 0.2) is 0 Å². The van der Waals surface area contributed by atoms with Crippen LogP contribution in [-0.2, 0) is 62.3 Å². The highest BCUT2D eigenvalue weighted by Gasteiger charge is 2.47. The fourth-order valence-electron chi connectivity index (χ4n) is 12.8.